The number of nitrogens with zero attached hydrogens (tertiary/aromatic N) is 6. The molecule has 6 nitrogen and oxygen atoms in total. The van der Waals surface area contributed by atoms with Crippen LogP contribution in [0.5, 0.6) is 0 Å². The summed E-state index contributed by atoms with van der Waals surface area (Å²) in [7, 11) is 0. The van der Waals surface area contributed by atoms with Gasteiger partial charge in [0.15, 0.2) is 5.65 Å². The number of fused-ring (bicyclic) bond motifs is 13. The van der Waals surface area contributed by atoms with E-state index in [-0.39, 0.29) is 0 Å². The molecule has 0 amide bonds. The molecule has 0 atom stereocenters. The Morgan fingerprint density at radius 1 is 0.571 bits per heavy atom. The standard InChI is InChI=1S/C36H18N6/c1-37-34-25-13-8-18-38-35(25)40-36(39-34)42-31-21-10-3-2-9-20(21)16-17-23(31)27-19-26-22-11-4-6-14-28(22)41-29-15-7-5-12-24(29)30(32(26)41)33(27)42/h2-19H. The van der Waals surface area contributed by atoms with Crippen LogP contribution < -0.4 is 0 Å². The Morgan fingerprint density at radius 2 is 1.29 bits per heavy atom. The predicted octanol–water partition coefficient (Wildman–Crippen LogP) is 8.98. The van der Waals surface area contributed by atoms with Crippen LogP contribution in [0.2, 0.25) is 0 Å². The van der Waals surface area contributed by atoms with E-state index in [9.17, 15) is 0 Å². The average Bonchev–Trinajstić information content (AvgIpc) is 3.69. The lowest BCUT2D eigenvalue weighted by molar-refractivity contribution is 1.01. The highest BCUT2D eigenvalue weighted by Crippen LogP contribution is 2.47. The Morgan fingerprint density at radius 3 is 2.14 bits per heavy atom. The second-order valence-corrected chi connectivity index (χ2v) is 10.8. The third-order valence-electron chi connectivity index (χ3n) is 8.73. The minimum absolute atomic E-state index is 0.297. The summed E-state index contributed by atoms with van der Waals surface area (Å²) in [5.41, 5.74) is 6.11. The molecule has 5 aromatic carbocycles. The lowest BCUT2D eigenvalue weighted by Crippen LogP contribution is -2.03. The number of rotatable bonds is 1. The topological polar surface area (TPSA) is 52.4 Å². The number of para-hydroxylation sites is 2. The molecule has 5 aromatic heterocycles. The van der Waals surface area contributed by atoms with E-state index < -0.39 is 0 Å². The summed E-state index contributed by atoms with van der Waals surface area (Å²) >= 11 is 0. The van der Waals surface area contributed by atoms with Gasteiger partial charge in [-0.25, -0.2) is 4.98 Å². The summed E-state index contributed by atoms with van der Waals surface area (Å²) in [6, 6.07) is 36.1. The molecule has 0 aliphatic heterocycles. The molecule has 0 saturated heterocycles. The van der Waals surface area contributed by atoms with Gasteiger partial charge in [-0.05, 0) is 29.7 Å². The first kappa shape index (κ1) is 21.7. The molecular weight excluding hydrogens is 516 g/mol. The molecule has 0 fully saturated rings. The van der Waals surface area contributed by atoms with Crippen molar-refractivity contribution in [2.45, 2.75) is 0 Å². The van der Waals surface area contributed by atoms with E-state index in [1.54, 1.807) is 6.20 Å². The summed E-state index contributed by atoms with van der Waals surface area (Å²) in [6.45, 7) is 7.95. The van der Waals surface area contributed by atoms with Gasteiger partial charge in [-0.1, -0.05) is 90.4 Å². The van der Waals surface area contributed by atoms with Crippen LogP contribution in [0.4, 0.5) is 5.82 Å². The zero-order valence-corrected chi connectivity index (χ0v) is 22.1. The molecule has 0 aliphatic rings. The highest BCUT2D eigenvalue weighted by Gasteiger charge is 2.27. The van der Waals surface area contributed by atoms with Crippen molar-refractivity contribution >= 4 is 87.5 Å². The lowest BCUT2D eigenvalue weighted by atomic mass is 10.0. The molecule has 5 heterocycles. The molecule has 42 heavy (non-hydrogen) atoms. The van der Waals surface area contributed by atoms with Crippen molar-refractivity contribution in [3.05, 3.63) is 121 Å². The van der Waals surface area contributed by atoms with Gasteiger partial charge < -0.3 is 9.25 Å². The van der Waals surface area contributed by atoms with Crippen molar-refractivity contribution in [3.8, 4) is 5.95 Å². The third-order valence-corrected chi connectivity index (χ3v) is 8.73. The number of hydrogen-bond acceptors (Lipinski definition) is 3. The zero-order valence-electron chi connectivity index (χ0n) is 22.1. The van der Waals surface area contributed by atoms with Gasteiger partial charge in [0.25, 0.3) is 5.82 Å². The fourth-order valence-electron chi connectivity index (χ4n) is 7.09. The van der Waals surface area contributed by atoms with Gasteiger partial charge in [0.05, 0.1) is 27.6 Å². The maximum absolute atomic E-state index is 7.95. The maximum Gasteiger partial charge on any atom is 0.333 e. The van der Waals surface area contributed by atoms with E-state index in [4.69, 9.17) is 16.5 Å². The molecule has 192 valence electrons. The quantitative estimate of drug-likeness (QED) is 0.198. The lowest BCUT2D eigenvalue weighted by Gasteiger charge is -2.08. The number of benzene rings is 5. The molecule has 0 saturated carbocycles. The van der Waals surface area contributed by atoms with E-state index in [1.807, 2.05) is 12.1 Å². The normalized spacial score (nSPS) is 12.3. The van der Waals surface area contributed by atoms with Crippen LogP contribution in [-0.4, -0.2) is 23.9 Å². The van der Waals surface area contributed by atoms with E-state index in [0.717, 1.165) is 43.5 Å². The van der Waals surface area contributed by atoms with Crippen molar-refractivity contribution in [1.82, 2.24) is 23.9 Å². The highest BCUT2D eigenvalue weighted by atomic mass is 15.2. The van der Waals surface area contributed by atoms with Gasteiger partial charge in [-0.3, -0.25) is 4.57 Å². The summed E-state index contributed by atoms with van der Waals surface area (Å²) in [5, 5.41) is 9.93. The van der Waals surface area contributed by atoms with Crippen molar-refractivity contribution in [3.63, 3.8) is 0 Å². The van der Waals surface area contributed by atoms with Gasteiger partial charge in [-0.15, -0.1) is 0 Å². The Hall–Kier alpha value is -6.06. The minimum atomic E-state index is 0.297. The molecule has 0 spiro atoms. The SMILES string of the molecule is [C-]#[N+]c1nc(-n2c3c4ccccc4ccc3c3cc4c5ccccc5n5c6ccccc6c(c32)c45)nc2ncccc12. The van der Waals surface area contributed by atoms with Crippen LogP contribution >= 0.6 is 0 Å². The number of hydrogen-bond donors (Lipinski definition) is 0. The van der Waals surface area contributed by atoms with Crippen molar-refractivity contribution in [2.75, 3.05) is 0 Å². The first-order valence-corrected chi connectivity index (χ1v) is 13.8. The summed E-state index contributed by atoms with van der Waals surface area (Å²) in [4.78, 5) is 18.2. The van der Waals surface area contributed by atoms with Crippen LogP contribution in [0.25, 0.3) is 92.5 Å². The second kappa shape index (κ2) is 7.57. The molecular formula is C36H18N6. The molecule has 0 unspecified atom stereocenters. The first-order valence-electron chi connectivity index (χ1n) is 13.8. The monoisotopic (exact) mass is 534 g/mol. The van der Waals surface area contributed by atoms with Crippen LogP contribution in [0.1, 0.15) is 0 Å². The van der Waals surface area contributed by atoms with Gasteiger partial charge in [0.1, 0.15) is 0 Å². The molecule has 0 radical (unpaired) electrons. The van der Waals surface area contributed by atoms with Crippen LogP contribution in [0, 0.1) is 6.57 Å². The van der Waals surface area contributed by atoms with Gasteiger partial charge >= 0.3 is 5.95 Å². The van der Waals surface area contributed by atoms with Crippen LogP contribution in [0.3, 0.4) is 0 Å². The van der Waals surface area contributed by atoms with Gasteiger partial charge in [-0.2, -0.15) is 4.98 Å². The Bertz CT molecular complexity index is 2810. The molecule has 6 heteroatoms. The predicted molar refractivity (Wildman–Crippen MR) is 170 cm³/mol. The van der Waals surface area contributed by atoms with E-state index in [0.29, 0.717) is 22.8 Å². The average molecular weight is 535 g/mol. The second-order valence-electron chi connectivity index (χ2n) is 10.8. The van der Waals surface area contributed by atoms with E-state index in [2.05, 4.69) is 110 Å². The maximum atomic E-state index is 7.95. The van der Waals surface area contributed by atoms with Crippen molar-refractivity contribution in [1.29, 1.82) is 0 Å². The van der Waals surface area contributed by atoms with E-state index in [1.165, 1.54) is 27.2 Å². The van der Waals surface area contributed by atoms with Crippen molar-refractivity contribution in [2.24, 2.45) is 0 Å². The van der Waals surface area contributed by atoms with Gasteiger partial charge in [0.2, 0.25) is 0 Å². The number of aromatic nitrogens is 5. The molecule has 0 N–H and O–H groups in total. The highest BCUT2D eigenvalue weighted by molar-refractivity contribution is 6.35. The molecule has 0 bridgehead atoms. The fraction of sp³-hybridized carbons (Fsp3) is 0. The molecule has 10 rings (SSSR count). The number of pyridine rings is 1. The summed E-state index contributed by atoms with van der Waals surface area (Å²) in [6.07, 6.45) is 1.71. The Kier molecular flexibility index (Phi) is 3.91. The van der Waals surface area contributed by atoms with Crippen LogP contribution in [-0.2, 0) is 0 Å². The fourth-order valence-corrected chi connectivity index (χ4v) is 7.09. The largest absolute Gasteiger partial charge is 0.360 e. The zero-order chi connectivity index (χ0) is 27.5. The van der Waals surface area contributed by atoms with Crippen LogP contribution in [0.15, 0.2) is 109 Å². The third kappa shape index (κ3) is 2.52. The first-order chi connectivity index (χ1) is 20.8. The van der Waals surface area contributed by atoms with Crippen molar-refractivity contribution < 1.29 is 0 Å². The summed E-state index contributed by atoms with van der Waals surface area (Å²) in [5.74, 6) is 0.747. The Balaban J connectivity index is 1.56. The minimum Gasteiger partial charge on any atom is -0.360 e. The van der Waals surface area contributed by atoms with E-state index >= 15 is 0 Å². The molecule has 0 aliphatic carbocycles. The molecule has 10 aromatic rings. The Labute approximate surface area is 237 Å². The smallest absolute Gasteiger partial charge is 0.333 e. The van der Waals surface area contributed by atoms with Gasteiger partial charge in [0, 0.05) is 49.3 Å². The summed E-state index contributed by atoms with van der Waals surface area (Å²) < 4.78 is 4.57.